The molecule has 0 radical (unpaired) electrons. The number of nitrogens with one attached hydrogen (secondary N) is 1. The molecule has 112 valence electrons. The molecule has 0 aliphatic heterocycles. The Kier molecular flexibility index (Phi) is 4.59. The molecule has 3 N–H and O–H groups in total. The number of aryl methyl sites for hydroxylation is 1. The third-order valence-corrected chi connectivity index (χ3v) is 3.54. The molecule has 2 aromatic rings. The minimum absolute atomic E-state index is 0.0242. The second-order valence-corrected chi connectivity index (χ2v) is 5.56. The normalized spacial score (nSPS) is 10.4. The topological polar surface area (TPSA) is 99.2 Å². The molecular formula is C13H16N4O3S. The highest BCUT2D eigenvalue weighted by Crippen LogP contribution is 2.28. The fraction of sp³-hybridized carbons (Fsp3) is 0.308. The number of nitrogens with two attached hydrogens (primary N) is 1. The summed E-state index contributed by atoms with van der Waals surface area (Å²) in [6.45, 7) is 3.90. The third kappa shape index (κ3) is 3.82. The van der Waals surface area contributed by atoms with E-state index < -0.39 is 5.97 Å². The smallest absolute Gasteiger partial charge is 0.341 e. The lowest BCUT2D eigenvalue weighted by Gasteiger charge is -2.06. The lowest BCUT2D eigenvalue weighted by atomic mass is 10.3. The summed E-state index contributed by atoms with van der Waals surface area (Å²) in [7, 11) is 0. The standard InChI is InChI=1S/C13H16N4O3S/c1-3-20-13(19)9-6-8(2)21-12(9)15-11(18)7-17-5-4-10(14)16-17/h4-6H,3,7H2,1-2H3,(H2,14,16)(H,15,18). The first-order chi connectivity index (χ1) is 9.99. The van der Waals surface area contributed by atoms with Crippen molar-refractivity contribution in [1.82, 2.24) is 9.78 Å². The molecule has 0 aliphatic rings. The van der Waals surface area contributed by atoms with E-state index in [4.69, 9.17) is 10.5 Å². The summed E-state index contributed by atoms with van der Waals surface area (Å²) < 4.78 is 6.39. The predicted octanol–water partition coefficient (Wildman–Crippen LogP) is 1.65. The zero-order valence-corrected chi connectivity index (χ0v) is 12.6. The first-order valence-electron chi connectivity index (χ1n) is 6.36. The molecule has 2 heterocycles. The Bertz CT molecular complexity index is 662. The third-order valence-electron chi connectivity index (χ3n) is 2.57. The monoisotopic (exact) mass is 308 g/mol. The Balaban J connectivity index is 2.08. The molecule has 0 saturated heterocycles. The molecule has 0 atom stereocenters. The fourth-order valence-corrected chi connectivity index (χ4v) is 2.66. The zero-order valence-electron chi connectivity index (χ0n) is 11.8. The number of nitrogen functional groups attached to an aromatic ring is 1. The number of carbonyl (C=O) groups is 2. The summed E-state index contributed by atoms with van der Waals surface area (Å²) >= 11 is 1.33. The minimum Gasteiger partial charge on any atom is -0.462 e. The molecular weight excluding hydrogens is 292 g/mol. The van der Waals surface area contributed by atoms with Crippen LogP contribution in [0, 0.1) is 6.92 Å². The molecule has 0 spiro atoms. The molecule has 0 fully saturated rings. The second kappa shape index (κ2) is 6.40. The average molecular weight is 308 g/mol. The van der Waals surface area contributed by atoms with Gasteiger partial charge in [0.1, 0.15) is 17.4 Å². The van der Waals surface area contributed by atoms with Crippen molar-refractivity contribution in [2.24, 2.45) is 0 Å². The molecule has 7 nitrogen and oxygen atoms in total. The van der Waals surface area contributed by atoms with Gasteiger partial charge in [0.05, 0.1) is 12.2 Å². The van der Waals surface area contributed by atoms with Gasteiger partial charge < -0.3 is 15.8 Å². The van der Waals surface area contributed by atoms with Gasteiger partial charge in [-0.15, -0.1) is 11.3 Å². The van der Waals surface area contributed by atoms with E-state index in [1.165, 1.54) is 16.0 Å². The number of anilines is 2. The quantitative estimate of drug-likeness (QED) is 0.818. The maximum atomic E-state index is 12.0. The summed E-state index contributed by atoms with van der Waals surface area (Å²) in [5.74, 6) is -0.382. The molecule has 0 aliphatic carbocycles. The summed E-state index contributed by atoms with van der Waals surface area (Å²) in [4.78, 5) is 24.7. The van der Waals surface area contributed by atoms with Crippen molar-refractivity contribution in [3.05, 3.63) is 28.8 Å². The molecule has 2 rings (SSSR count). The number of hydrogen-bond acceptors (Lipinski definition) is 6. The van der Waals surface area contributed by atoms with E-state index >= 15 is 0 Å². The van der Waals surface area contributed by atoms with Crippen molar-refractivity contribution in [3.63, 3.8) is 0 Å². The molecule has 0 unspecified atom stereocenters. The molecule has 0 saturated carbocycles. The lowest BCUT2D eigenvalue weighted by Crippen LogP contribution is -2.20. The van der Waals surface area contributed by atoms with Gasteiger partial charge in [-0.25, -0.2) is 4.79 Å². The van der Waals surface area contributed by atoms with Crippen LogP contribution < -0.4 is 11.1 Å². The van der Waals surface area contributed by atoms with E-state index in [0.29, 0.717) is 16.4 Å². The van der Waals surface area contributed by atoms with Gasteiger partial charge in [-0.2, -0.15) is 5.10 Å². The average Bonchev–Trinajstić information content (AvgIpc) is 2.96. The van der Waals surface area contributed by atoms with E-state index in [9.17, 15) is 9.59 Å². The fourth-order valence-electron chi connectivity index (χ4n) is 1.75. The number of nitrogens with zero attached hydrogens (tertiary/aromatic N) is 2. The number of thiophene rings is 1. The van der Waals surface area contributed by atoms with Gasteiger partial charge in [-0.1, -0.05) is 0 Å². The van der Waals surface area contributed by atoms with Crippen LogP contribution in [-0.2, 0) is 16.1 Å². The van der Waals surface area contributed by atoms with Crippen LogP contribution >= 0.6 is 11.3 Å². The van der Waals surface area contributed by atoms with Crippen LogP contribution in [0.5, 0.6) is 0 Å². The summed E-state index contributed by atoms with van der Waals surface area (Å²) in [6, 6.07) is 3.30. The Morgan fingerprint density at radius 2 is 2.29 bits per heavy atom. The summed E-state index contributed by atoms with van der Waals surface area (Å²) in [6.07, 6.45) is 1.61. The van der Waals surface area contributed by atoms with Gasteiger partial charge in [-0.05, 0) is 26.0 Å². The van der Waals surface area contributed by atoms with Gasteiger partial charge in [-0.3, -0.25) is 9.48 Å². The Labute approximate surface area is 125 Å². The number of hydrogen-bond donors (Lipinski definition) is 2. The lowest BCUT2D eigenvalue weighted by molar-refractivity contribution is -0.116. The molecule has 2 aromatic heterocycles. The van der Waals surface area contributed by atoms with Gasteiger partial charge in [0.25, 0.3) is 0 Å². The van der Waals surface area contributed by atoms with E-state index in [1.54, 1.807) is 25.3 Å². The van der Waals surface area contributed by atoms with Gasteiger partial charge >= 0.3 is 5.97 Å². The van der Waals surface area contributed by atoms with Crippen LogP contribution in [0.15, 0.2) is 18.3 Å². The van der Waals surface area contributed by atoms with E-state index in [1.807, 2.05) is 6.92 Å². The highest BCUT2D eigenvalue weighted by Gasteiger charge is 2.18. The molecule has 1 amide bonds. The second-order valence-electron chi connectivity index (χ2n) is 4.31. The highest BCUT2D eigenvalue weighted by atomic mass is 32.1. The van der Waals surface area contributed by atoms with Crippen molar-refractivity contribution in [2.45, 2.75) is 20.4 Å². The van der Waals surface area contributed by atoms with Crippen molar-refractivity contribution in [2.75, 3.05) is 17.7 Å². The number of esters is 1. The zero-order chi connectivity index (χ0) is 15.4. The number of carbonyl (C=O) groups excluding carboxylic acids is 2. The largest absolute Gasteiger partial charge is 0.462 e. The number of ether oxygens (including phenoxy) is 1. The van der Waals surface area contributed by atoms with Crippen LogP contribution in [0.4, 0.5) is 10.8 Å². The Morgan fingerprint density at radius 3 is 2.90 bits per heavy atom. The predicted molar refractivity (Wildman–Crippen MR) is 80.3 cm³/mol. The van der Waals surface area contributed by atoms with E-state index in [0.717, 1.165) is 4.88 Å². The summed E-state index contributed by atoms with van der Waals surface area (Å²) in [5.41, 5.74) is 5.85. The number of rotatable bonds is 5. The van der Waals surface area contributed by atoms with E-state index in [2.05, 4.69) is 10.4 Å². The van der Waals surface area contributed by atoms with Gasteiger partial charge in [0.15, 0.2) is 0 Å². The van der Waals surface area contributed by atoms with Crippen molar-refractivity contribution in [1.29, 1.82) is 0 Å². The van der Waals surface area contributed by atoms with Crippen LogP contribution in [-0.4, -0.2) is 28.3 Å². The molecule has 0 bridgehead atoms. The van der Waals surface area contributed by atoms with Crippen LogP contribution in [0.25, 0.3) is 0 Å². The maximum absolute atomic E-state index is 12.0. The Morgan fingerprint density at radius 1 is 1.52 bits per heavy atom. The van der Waals surface area contributed by atoms with Crippen molar-refractivity contribution < 1.29 is 14.3 Å². The van der Waals surface area contributed by atoms with Crippen LogP contribution in [0.1, 0.15) is 22.2 Å². The van der Waals surface area contributed by atoms with Crippen LogP contribution in [0.3, 0.4) is 0 Å². The minimum atomic E-state index is -0.444. The van der Waals surface area contributed by atoms with Crippen LogP contribution in [0.2, 0.25) is 0 Å². The first kappa shape index (κ1) is 15.0. The Hall–Kier alpha value is -2.35. The number of amides is 1. The summed E-state index contributed by atoms with van der Waals surface area (Å²) in [5, 5.41) is 7.12. The van der Waals surface area contributed by atoms with Gasteiger partial charge in [0.2, 0.25) is 5.91 Å². The molecule has 8 heteroatoms. The number of aromatic nitrogens is 2. The maximum Gasteiger partial charge on any atom is 0.341 e. The van der Waals surface area contributed by atoms with E-state index in [-0.39, 0.29) is 19.1 Å². The first-order valence-corrected chi connectivity index (χ1v) is 7.17. The van der Waals surface area contributed by atoms with Gasteiger partial charge in [0, 0.05) is 11.1 Å². The molecule has 0 aromatic carbocycles. The van der Waals surface area contributed by atoms with Crippen molar-refractivity contribution >= 4 is 34.0 Å². The highest BCUT2D eigenvalue weighted by molar-refractivity contribution is 7.16. The molecule has 21 heavy (non-hydrogen) atoms. The SMILES string of the molecule is CCOC(=O)c1cc(C)sc1NC(=O)Cn1ccc(N)n1. The van der Waals surface area contributed by atoms with Crippen molar-refractivity contribution in [3.8, 4) is 0 Å².